The van der Waals surface area contributed by atoms with Crippen molar-refractivity contribution in [2.45, 2.75) is 13.8 Å². The van der Waals surface area contributed by atoms with Crippen molar-refractivity contribution in [1.29, 1.82) is 0 Å². The van der Waals surface area contributed by atoms with Crippen LogP contribution in [0, 0.1) is 0 Å². The van der Waals surface area contributed by atoms with Gasteiger partial charge in [-0.1, -0.05) is 0 Å². The van der Waals surface area contributed by atoms with Crippen molar-refractivity contribution in [3.63, 3.8) is 0 Å². The Morgan fingerprint density at radius 1 is 1.27 bits per heavy atom. The molecule has 0 saturated carbocycles. The minimum absolute atomic E-state index is 0.245. The van der Waals surface area contributed by atoms with Crippen LogP contribution in [0.25, 0.3) is 6.08 Å². The third-order valence-electron chi connectivity index (χ3n) is 3.83. The fourth-order valence-corrected chi connectivity index (χ4v) is 3.97. The zero-order valence-corrected chi connectivity index (χ0v) is 18.9. The number of nitrogens with one attached hydrogen (secondary N) is 1. The SMILES string of the molecule is CCOc1cc(/C=C2\SC(=Nc3ccc(OC)cc3)NC2=O)cc(Br)c1OC(C)=O. The first kappa shape index (κ1) is 21.9. The minimum atomic E-state index is -0.451. The standard InChI is InChI=1S/C21H19BrN2O5S/c1-4-28-17-10-13(9-16(22)19(17)29-12(2)25)11-18-20(26)24-21(30-18)23-14-5-7-15(27-3)8-6-14/h5-11H,4H2,1-3H3,(H,23,24,26)/b18-11-. The molecular formula is C21H19BrN2O5S. The molecule has 2 aromatic rings. The van der Waals surface area contributed by atoms with Gasteiger partial charge < -0.3 is 19.5 Å². The van der Waals surface area contributed by atoms with E-state index in [1.807, 2.05) is 6.92 Å². The summed E-state index contributed by atoms with van der Waals surface area (Å²) >= 11 is 4.64. The number of rotatable bonds is 6. The molecule has 0 aromatic heterocycles. The van der Waals surface area contributed by atoms with Crippen molar-refractivity contribution >= 4 is 56.5 Å². The number of amidine groups is 1. The lowest BCUT2D eigenvalue weighted by Crippen LogP contribution is -2.19. The van der Waals surface area contributed by atoms with E-state index in [0.29, 0.717) is 43.9 Å². The van der Waals surface area contributed by atoms with E-state index in [1.54, 1.807) is 49.6 Å². The number of carbonyl (C=O) groups is 2. The number of thioether (sulfide) groups is 1. The van der Waals surface area contributed by atoms with Crippen LogP contribution in [-0.2, 0) is 9.59 Å². The van der Waals surface area contributed by atoms with Gasteiger partial charge in [0.1, 0.15) is 5.75 Å². The van der Waals surface area contributed by atoms with Gasteiger partial charge in [0.25, 0.3) is 5.91 Å². The third kappa shape index (κ3) is 5.43. The molecular weight excluding hydrogens is 472 g/mol. The highest BCUT2D eigenvalue weighted by Gasteiger charge is 2.24. The molecule has 0 radical (unpaired) electrons. The molecule has 9 heteroatoms. The summed E-state index contributed by atoms with van der Waals surface area (Å²) in [6.45, 7) is 3.55. The summed E-state index contributed by atoms with van der Waals surface area (Å²) in [5, 5.41) is 3.24. The van der Waals surface area contributed by atoms with Gasteiger partial charge in [-0.15, -0.1) is 0 Å². The third-order valence-corrected chi connectivity index (χ3v) is 5.33. The number of methoxy groups -OCH3 is 1. The molecule has 0 spiro atoms. The first-order valence-corrected chi connectivity index (χ1v) is 10.6. The maximum Gasteiger partial charge on any atom is 0.308 e. The second kappa shape index (κ2) is 9.82. The van der Waals surface area contributed by atoms with Crippen molar-refractivity contribution in [3.8, 4) is 17.2 Å². The van der Waals surface area contributed by atoms with Gasteiger partial charge in [-0.3, -0.25) is 9.59 Å². The summed E-state index contributed by atoms with van der Waals surface area (Å²) in [7, 11) is 1.60. The molecule has 3 rings (SSSR count). The average Bonchev–Trinajstić information content (AvgIpc) is 3.04. The summed E-state index contributed by atoms with van der Waals surface area (Å²) < 4.78 is 16.5. The van der Waals surface area contributed by atoms with Gasteiger partial charge in [0, 0.05) is 6.92 Å². The Balaban J connectivity index is 1.86. The molecule has 1 aliphatic heterocycles. The second-order valence-corrected chi connectivity index (χ2v) is 7.92. The smallest absolute Gasteiger partial charge is 0.308 e. The number of halogens is 1. The Morgan fingerprint density at radius 3 is 2.63 bits per heavy atom. The zero-order chi connectivity index (χ0) is 21.7. The number of amides is 1. The molecule has 0 aliphatic carbocycles. The molecule has 1 heterocycles. The topological polar surface area (TPSA) is 86.2 Å². The number of esters is 1. The summed E-state index contributed by atoms with van der Waals surface area (Å²) in [5.41, 5.74) is 1.41. The number of carbonyl (C=O) groups excluding carboxylic acids is 2. The number of nitrogens with zero attached hydrogens (tertiary/aromatic N) is 1. The van der Waals surface area contributed by atoms with Crippen LogP contribution < -0.4 is 19.5 Å². The van der Waals surface area contributed by atoms with E-state index >= 15 is 0 Å². The molecule has 0 atom stereocenters. The summed E-state index contributed by atoms with van der Waals surface area (Å²) in [5.74, 6) is 0.745. The highest BCUT2D eigenvalue weighted by atomic mass is 79.9. The molecule has 156 valence electrons. The molecule has 7 nitrogen and oxygen atoms in total. The second-order valence-electron chi connectivity index (χ2n) is 6.04. The van der Waals surface area contributed by atoms with Crippen molar-refractivity contribution in [1.82, 2.24) is 5.32 Å². The summed E-state index contributed by atoms with van der Waals surface area (Å²) in [4.78, 5) is 28.7. The Kier molecular flexibility index (Phi) is 7.17. The molecule has 0 bridgehead atoms. The van der Waals surface area contributed by atoms with Gasteiger partial charge in [-0.05, 0) is 82.7 Å². The van der Waals surface area contributed by atoms with Gasteiger partial charge in [-0.25, -0.2) is 4.99 Å². The van der Waals surface area contributed by atoms with Crippen LogP contribution in [0.5, 0.6) is 17.2 Å². The van der Waals surface area contributed by atoms with E-state index < -0.39 is 5.97 Å². The summed E-state index contributed by atoms with van der Waals surface area (Å²) in [6.07, 6.45) is 1.72. The van der Waals surface area contributed by atoms with Crippen molar-refractivity contribution in [3.05, 3.63) is 51.3 Å². The van der Waals surface area contributed by atoms with E-state index in [1.165, 1.54) is 18.7 Å². The molecule has 30 heavy (non-hydrogen) atoms. The van der Waals surface area contributed by atoms with Crippen LogP contribution in [0.1, 0.15) is 19.4 Å². The van der Waals surface area contributed by atoms with Crippen LogP contribution in [0.2, 0.25) is 0 Å². The van der Waals surface area contributed by atoms with Crippen LogP contribution in [0.15, 0.2) is 50.8 Å². The first-order valence-electron chi connectivity index (χ1n) is 8.98. The quantitative estimate of drug-likeness (QED) is 0.359. The summed E-state index contributed by atoms with van der Waals surface area (Å²) in [6, 6.07) is 10.7. The Bertz CT molecular complexity index is 1030. The maximum absolute atomic E-state index is 12.4. The van der Waals surface area contributed by atoms with Crippen LogP contribution in [0.3, 0.4) is 0 Å². The van der Waals surface area contributed by atoms with Crippen molar-refractivity contribution in [2.75, 3.05) is 13.7 Å². The lowest BCUT2D eigenvalue weighted by Gasteiger charge is -2.12. The molecule has 1 fully saturated rings. The van der Waals surface area contributed by atoms with Crippen molar-refractivity contribution in [2.24, 2.45) is 4.99 Å². The molecule has 2 aromatic carbocycles. The number of benzene rings is 2. The molecule has 1 aliphatic rings. The Labute approximate surface area is 186 Å². The monoisotopic (exact) mass is 490 g/mol. The van der Waals surface area contributed by atoms with E-state index in [-0.39, 0.29) is 5.91 Å². The van der Waals surface area contributed by atoms with Gasteiger partial charge in [-0.2, -0.15) is 0 Å². The fraction of sp³-hybridized carbons (Fsp3) is 0.190. The predicted octanol–water partition coefficient (Wildman–Crippen LogP) is 4.67. The lowest BCUT2D eigenvalue weighted by atomic mass is 10.2. The molecule has 0 unspecified atom stereocenters. The fourth-order valence-electron chi connectivity index (χ4n) is 2.58. The number of ether oxygens (including phenoxy) is 3. The molecule has 1 amide bonds. The van der Waals surface area contributed by atoms with Gasteiger partial charge in [0.2, 0.25) is 0 Å². The highest BCUT2D eigenvalue weighted by molar-refractivity contribution is 9.10. The Hall–Kier alpha value is -2.78. The highest BCUT2D eigenvalue weighted by Crippen LogP contribution is 2.38. The van der Waals surface area contributed by atoms with Gasteiger partial charge in [0.05, 0.1) is 28.8 Å². The Morgan fingerprint density at radius 2 is 2.00 bits per heavy atom. The largest absolute Gasteiger partial charge is 0.497 e. The van der Waals surface area contributed by atoms with Crippen LogP contribution in [-0.4, -0.2) is 30.8 Å². The van der Waals surface area contributed by atoms with E-state index in [2.05, 4.69) is 26.2 Å². The maximum atomic E-state index is 12.4. The number of hydrogen-bond donors (Lipinski definition) is 1. The van der Waals surface area contributed by atoms with E-state index in [9.17, 15) is 9.59 Å². The lowest BCUT2D eigenvalue weighted by molar-refractivity contribution is -0.132. The molecule has 1 N–H and O–H groups in total. The van der Waals surface area contributed by atoms with Crippen molar-refractivity contribution < 1.29 is 23.8 Å². The van der Waals surface area contributed by atoms with Crippen LogP contribution >= 0.6 is 27.7 Å². The average molecular weight is 491 g/mol. The zero-order valence-electron chi connectivity index (χ0n) is 16.5. The van der Waals surface area contributed by atoms with Gasteiger partial charge in [0.15, 0.2) is 16.7 Å². The molecule has 1 saturated heterocycles. The number of aliphatic imine (C=N–C) groups is 1. The van der Waals surface area contributed by atoms with E-state index in [4.69, 9.17) is 14.2 Å². The predicted molar refractivity (Wildman–Crippen MR) is 120 cm³/mol. The van der Waals surface area contributed by atoms with Gasteiger partial charge >= 0.3 is 5.97 Å². The van der Waals surface area contributed by atoms with Crippen LogP contribution in [0.4, 0.5) is 5.69 Å². The minimum Gasteiger partial charge on any atom is -0.497 e. The number of hydrogen-bond acceptors (Lipinski definition) is 7. The van der Waals surface area contributed by atoms with E-state index in [0.717, 1.165) is 5.75 Å². The first-order chi connectivity index (χ1) is 14.4. The normalized spacial score (nSPS) is 15.9.